The largest absolute Gasteiger partial charge is 0.368 e. The average molecular weight is 522 g/mol. The lowest BCUT2D eigenvalue weighted by atomic mass is 10.1. The van der Waals surface area contributed by atoms with Gasteiger partial charge in [0.05, 0.1) is 21.3 Å². The van der Waals surface area contributed by atoms with Gasteiger partial charge < -0.3 is 9.80 Å². The summed E-state index contributed by atoms with van der Waals surface area (Å²) in [6, 6.07) is 22.7. The molecule has 0 spiro atoms. The third-order valence-electron chi connectivity index (χ3n) is 6.14. The molecule has 0 N–H and O–H groups in total. The van der Waals surface area contributed by atoms with Crippen molar-refractivity contribution in [2.45, 2.75) is 0 Å². The van der Waals surface area contributed by atoms with Crippen LogP contribution in [0.2, 0.25) is 10.0 Å². The number of carbonyl (C=O) groups is 1. The Balaban J connectivity index is 1.40. The van der Waals surface area contributed by atoms with Crippen molar-refractivity contribution in [3.63, 3.8) is 0 Å². The molecule has 182 valence electrons. The Hall–Kier alpha value is -3.88. The Kier molecular flexibility index (Phi) is 6.63. The van der Waals surface area contributed by atoms with Gasteiger partial charge in [0.1, 0.15) is 5.69 Å². The number of piperazine rings is 1. The minimum atomic E-state index is -0.416. The highest BCUT2D eigenvalue weighted by molar-refractivity contribution is 6.33. The topological polar surface area (TPSA) is 84.5 Å². The third-order valence-corrected chi connectivity index (χ3v) is 6.72. The predicted molar refractivity (Wildman–Crippen MR) is 140 cm³/mol. The smallest absolute Gasteiger partial charge is 0.272 e. The van der Waals surface area contributed by atoms with Gasteiger partial charge in [-0.25, -0.2) is 4.68 Å². The fraction of sp³-hybridized carbons (Fsp3) is 0.154. The number of nitro benzene ring substituents is 1. The van der Waals surface area contributed by atoms with Crippen LogP contribution in [0.15, 0.2) is 78.9 Å². The Labute approximate surface area is 217 Å². The zero-order valence-electron chi connectivity index (χ0n) is 19.1. The molecule has 0 atom stereocenters. The first-order valence-electron chi connectivity index (χ1n) is 11.3. The van der Waals surface area contributed by atoms with Gasteiger partial charge in [-0.05, 0) is 48.5 Å². The van der Waals surface area contributed by atoms with Crippen LogP contribution in [-0.2, 0) is 0 Å². The van der Waals surface area contributed by atoms with Crippen molar-refractivity contribution in [3.8, 4) is 16.9 Å². The number of nitro groups is 1. The Morgan fingerprint density at radius 2 is 1.50 bits per heavy atom. The second kappa shape index (κ2) is 10.0. The maximum Gasteiger partial charge on any atom is 0.272 e. The molecule has 0 aliphatic carbocycles. The summed E-state index contributed by atoms with van der Waals surface area (Å²) in [6.45, 7) is 2.22. The van der Waals surface area contributed by atoms with Gasteiger partial charge in [-0.1, -0.05) is 41.4 Å². The van der Waals surface area contributed by atoms with Crippen LogP contribution in [0.3, 0.4) is 0 Å². The van der Waals surface area contributed by atoms with Crippen LogP contribution >= 0.6 is 23.2 Å². The highest BCUT2D eigenvalue weighted by atomic mass is 35.5. The number of aromatic nitrogens is 2. The van der Waals surface area contributed by atoms with Gasteiger partial charge in [0.15, 0.2) is 0 Å². The number of non-ortho nitro benzene ring substituents is 1. The molecule has 0 bridgehead atoms. The molecule has 1 amide bonds. The Morgan fingerprint density at radius 1 is 0.861 bits per heavy atom. The predicted octanol–water partition coefficient (Wildman–Crippen LogP) is 5.72. The van der Waals surface area contributed by atoms with E-state index in [-0.39, 0.29) is 11.6 Å². The SMILES string of the molecule is O=C(c1cc(-c2ccccc2Cl)nn1-c1ccc(Cl)cc1)N1CCN(c2ccc([N+](=O)[O-])cc2)CC1. The highest BCUT2D eigenvalue weighted by Gasteiger charge is 2.27. The minimum absolute atomic E-state index is 0.0531. The number of carbonyl (C=O) groups excluding carboxylic acids is 1. The first-order valence-corrected chi connectivity index (χ1v) is 12.1. The van der Waals surface area contributed by atoms with Gasteiger partial charge >= 0.3 is 0 Å². The molecular weight excluding hydrogens is 501 g/mol. The molecule has 5 rings (SSSR count). The molecule has 8 nitrogen and oxygen atoms in total. The molecule has 3 aromatic carbocycles. The summed E-state index contributed by atoms with van der Waals surface area (Å²) in [5.74, 6) is -0.140. The summed E-state index contributed by atoms with van der Waals surface area (Å²) in [5, 5.41) is 16.8. The Bertz CT molecular complexity index is 1410. The summed E-state index contributed by atoms with van der Waals surface area (Å²) in [7, 11) is 0. The van der Waals surface area contributed by atoms with Gasteiger partial charge in [-0.15, -0.1) is 0 Å². The minimum Gasteiger partial charge on any atom is -0.368 e. The molecule has 1 aliphatic heterocycles. The zero-order chi connectivity index (χ0) is 25.2. The van der Waals surface area contributed by atoms with E-state index >= 15 is 0 Å². The van der Waals surface area contributed by atoms with Crippen LogP contribution in [-0.4, -0.2) is 51.7 Å². The van der Waals surface area contributed by atoms with Crippen molar-refractivity contribution in [2.75, 3.05) is 31.1 Å². The number of rotatable bonds is 5. The summed E-state index contributed by atoms with van der Waals surface area (Å²) in [5.41, 5.74) is 3.42. The van der Waals surface area contributed by atoms with E-state index in [0.29, 0.717) is 53.3 Å². The summed E-state index contributed by atoms with van der Waals surface area (Å²) < 4.78 is 1.63. The number of halogens is 2. The molecule has 1 aromatic heterocycles. The first kappa shape index (κ1) is 23.8. The molecule has 0 unspecified atom stereocenters. The molecule has 2 heterocycles. The lowest BCUT2D eigenvalue weighted by Gasteiger charge is -2.36. The van der Waals surface area contributed by atoms with Crippen molar-refractivity contribution >= 4 is 40.5 Å². The van der Waals surface area contributed by atoms with Crippen LogP contribution in [0.25, 0.3) is 16.9 Å². The van der Waals surface area contributed by atoms with E-state index in [2.05, 4.69) is 4.90 Å². The molecule has 4 aromatic rings. The van der Waals surface area contributed by atoms with Crippen molar-refractivity contribution in [1.29, 1.82) is 0 Å². The number of hydrogen-bond acceptors (Lipinski definition) is 5. The number of anilines is 1. The van der Waals surface area contributed by atoms with E-state index in [9.17, 15) is 14.9 Å². The number of benzene rings is 3. The molecule has 0 radical (unpaired) electrons. The van der Waals surface area contributed by atoms with Crippen molar-refractivity contribution in [1.82, 2.24) is 14.7 Å². The van der Waals surface area contributed by atoms with E-state index in [4.69, 9.17) is 28.3 Å². The summed E-state index contributed by atoms with van der Waals surface area (Å²) >= 11 is 12.5. The second-order valence-electron chi connectivity index (χ2n) is 8.34. The fourth-order valence-corrected chi connectivity index (χ4v) is 4.59. The monoisotopic (exact) mass is 521 g/mol. The van der Waals surface area contributed by atoms with Crippen LogP contribution in [0, 0.1) is 10.1 Å². The normalized spacial score (nSPS) is 13.6. The van der Waals surface area contributed by atoms with Crippen molar-refractivity contribution in [3.05, 3.63) is 105 Å². The molecule has 36 heavy (non-hydrogen) atoms. The van der Waals surface area contributed by atoms with E-state index in [1.807, 2.05) is 30.3 Å². The standard InChI is InChI=1S/C26H21Cl2N5O3/c27-18-5-7-20(8-6-18)32-25(17-24(29-32)22-3-1-2-4-23(22)28)26(34)31-15-13-30(14-16-31)19-9-11-21(12-10-19)33(35)36/h1-12,17H,13-16H2. The van der Waals surface area contributed by atoms with Crippen molar-refractivity contribution in [2.24, 2.45) is 0 Å². The van der Waals surface area contributed by atoms with Gasteiger partial charge in [0, 0.05) is 54.6 Å². The third kappa shape index (κ3) is 4.78. The van der Waals surface area contributed by atoms with E-state index in [1.165, 1.54) is 12.1 Å². The maximum atomic E-state index is 13.7. The molecule has 0 saturated carbocycles. The Morgan fingerprint density at radius 3 is 2.14 bits per heavy atom. The molecule has 10 heteroatoms. The van der Waals surface area contributed by atoms with Crippen LogP contribution in [0.5, 0.6) is 0 Å². The molecule has 1 fully saturated rings. The van der Waals surface area contributed by atoms with E-state index in [0.717, 1.165) is 11.3 Å². The first-order chi connectivity index (χ1) is 17.4. The zero-order valence-corrected chi connectivity index (χ0v) is 20.6. The summed E-state index contributed by atoms with van der Waals surface area (Å²) in [4.78, 5) is 28.1. The van der Waals surface area contributed by atoms with E-state index < -0.39 is 4.92 Å². The number of amides is 1. The highest BCUT2D eigenvalue weighted by Crippen LogP contribution is 2.29. The molecule has 1 saturated heterocycles. The van der Waals surface area contributed by atoms with Gasteiger partial charge in [0.25, 0.3) is 11.6 Å². The van der Waals surface area contributed by atoms with Crippen LogP contribution < -0.4 is 4.90 Å². The molecular formula is C26H21Cl2N5O3. The van der Waals surface area contributed by atoms with Crippen LogP contribution in [0.1, 0.15) is 10.5 Å². The number of nitrogens with zero attached hydrogens (tertiary/aromatic N) is 5. The van der Waals surface area contributed by atoms with Crippen molar-refractivity contribution < 1.29 is 9.72 Å². The molecule has 1 aliphatic rings. The lowest BCUT2D eigenvalue weighted by Crippen LogP contribution is -2.49. The van der Waals surface area contributed by atoms with Gasteiger partial charge in [-0.2, -0.15) is 5.10 Å². The number of hydrogen-bond donors (Lipinski definition) is 0. The average Bonchev–Trinajstić information content (AvgIpc) is 3.34. The quantitative estimate of drug-likeness (QED) is 0.247. The summed E-state index contributed by atoms with van der Waals surface area (Å²) in [6.07, 6.45) is 0. The maximum absolute atomic E-state index is 13.7. The lowest BCUT2D eigenvalue weighted by molar-refractivity contribution is -0.384. The fourth-order valence-electron chi connectivity index (χ4n) is 4.23. The van der Waals surface area contributed by atoms with E-state index in [1.54, 1.807) is 46.0 Å². The van der Waals surface area contributed by atoms with Gasteiger partial charge in [0.2, 0.25) is 0 Å². The van der Waals surface area contributed by atoms with Gasteiger partial charge in [-0.3, -0.25) is 14.9 Å². The van der Waals surface area contributed by atoms with Crippen LogP contribution in [0.4, 0.5) is 11.4 Å². The second-order valence-corrected chi connectivity index (χ2v) is 9.18.